The number of aromatic nitrogens is 4. The molecule has 4 rings (SSSR count). The first-order valence-corrected chi connectivity index (χ1v) is 11.0. The van der Waals surface area contributed by atoms with E-state index >= 15 is 0 Å². The molecule has 0 aliphatic carbocycles. The molecule has 2 heterocycles. The van der Waals surface area contributed by atoms with Crippen molar-refractivity contribution in [2.75, 3.05) is 12.4 Å². The van der Waals surface area contributed by atoms with Gasteiger partial charge in [-0.25, -0.2) is 0 Å². The van der Waals surface area contributed by atoms with Crippen LogP contribution in [0.2, 0.25) is 0 Å². The van der Waals surface area contributed by atoms with Gasteiger partial charge in [0, 0.05) is 41.5 Å². The second-order valence-corrected chi connectivity index (χ2v) is 7.92. The molecule has 0 saturated carbocycles. The molecular formula is C23H26N4OS. The molecule has 0 bridgehead atoms. The molecule has 150 valence electrons. The van der Waals surface area contributed by atoms with Crippen LogP contribution in [-0.2, 0) is 13.1 Å². The normalized spacial score (nSPS) is 11.3. The summed E-state index contributed by atoms with van der Waals surface area (Å²) in [7, 11) is 0. The zero-order chi connectivity index (χ0) is 20.2. The molecule has 0 aliphatic heterocycles. The van der Waals surface area contributed by atoms with Crippen LogP contribution in [0.4, 0.5) is 0 Å². The minimum absolute atomic E-state index is 0.635. The summed E-state index contributed by atoms with van der Waals surface area (Å²) in [6, 6.07) is 16.6. The third-order valence-electron chi connectivity index (χ3n) is 5.07. The largest absolute Gasteiger partial charge is 0.492 e. The Morgan fingerprint density at radius 1 is 0.966 bits per heavy atom. The molecule has 0 spiro atoms. The second-order valence-electron chi connectivity index (χ2n) is 6.86. The Bertz CT molecular complexity index is 1120. The maximum absolute atomic E-state index is 5.92. The molecule has 0 unspecified atom stereocenters. The SMILES string of the molecule is CCn1c(SCCOc2ccccc2C)nnc1-c1cn(CC)c2ccccc12. The number of ether oxygens (including phenoxy) is 1. The molecule has 0 radical (unpaired) electrons. The first-order valence-electron chi connectivity index (χ1n) is 10.1. The van der Waals surface area contributed by atoms with Gasteiger partial charge in [0.25, 0.3) is 0 Å². The lowest BCUT2D eigenvalue weighted by Crippen LogP contribution is -2.04. The summed E-state index contributed by atoms with van der Waals surface area (Å²) in [6.45, 7) is 8.76. The van der Waals surface area contributed by atoms with Crippen molar-refractivity contribution >= 4 is 22.7 Å². The van der Waals surface area contributed by atoms with E-state index < -0.39 is 0 Å². The molecule has 5 nitrogen and oxygen atoms in total. The number of hydrogen-bond donors (Lipinski definition) is 0. The number of hydrogen-bond acceptors (Lipinski definition) is 4. The summed E-state index contributed by atoms with van der Waals surface area (Å²) in [5.74, 6) is 2.69. The molecule has 2 aromatic heterocycles. The van der Waals surface area contributed by atoms with E-state index in [-0.39, 0.29) is 0 Å². The third kappa shape index (κ3) is 3.90. The molecule has 0 fully saturated rings. The summed E-state index contributed by atoms with van der Waals surface area (Å²) < 4.78 is 10.4. The number of aryl methyl sites for hydroxylation is 2. The van der Waals surface area contributed by atoms with E-state index in [2.05, 4.69) is 76.6 Å². The monoisotopic (exact) mass is 406 g/mol. The minimum atomic E-state index is 0.635. The highest BCUT2D eigenvalue weighted by Gasteiger charge is 2.17. The van der Waals surface area contributed by atoms with Crippen molar-refractivity contribution in [2.45, 2.75) is 39.0 Å². The van der Waals surface area contributed by atoms with Gasteiger partial charge in [-0.3, -0.25) is 0 Å². The van der Waals surface area contributed by atoms with Crippen LogP contribution in [0.3, 0.4) is 0 Å². The molecule has 0 N–H and O–H groups in total. The van der Waals surface area contributed by atoms with Gasteiger partial charge in [-0.2, -0.15) is 0 Å². The number of para-hydroxylation sites is 2. The van der Waals surface area contributed by atoms with Gasteiger partial charge in [0.1, 0.15) is 5.75 Å². The summed E-state index contributed by atoms with van der Waals surface area (Å²) in [5, 5.41) is 11.2. The molecule has 0 amide bonds. The van der Waals surface area contributed by atoms with Crippen LogP contribution in [0.25, 0.3) is 22.3 Å². The zero-order valence-electron chi connectivity index (χ0n) is 17.1. The topological polar surface area (TPSA) is 44.9 Å². The third-order valence-corrected chi connectivity index (χ3v) is 6.00. The van der Waals surface area contributed by atoms with Crippen molar-refractivity contribution in [1.82, 2.24) is 19.3 Å². The molecular weight excluding hydrogens is 380 g/mol. The Morgan fingerprint density at radius 2 is 1.76 bits per heavy atom. The lowest BCUT2D eigenvalue weighted by Gasteiger charge is -2.09. The number of rotatable bonds is 8. The van der Waals surface area contributed by atoms with E-state index in [1.807, 2.05) is 18.2 Å². The molecule has 2 aromatic carbocycles. The van der Waals surface area contributed by atoms with Gasteiger partial charge >= 0.3 is 0 Å². The quantitative estimate of drug-likeness (QED) is 0.289. The highest BCUT2D eigenvalue weighted by molar-refractivity contribution is 7.99. The van der Waals surface area contributed by atoms with Crippen molar-refractivity contribution in [3.63, 3.8) is 0 Å². The van der Waals surface area contributed by atoms with Crippen LogP contribution in [0, 0.1) is 6.92 Å². The molecule has 29 heavy (non-hydrogen) atoms. The summed E-state index contributed by atoms with van der Waals surface area (Å²) in [6.07, 6.45) is 2.19. The standard InChI is InChI=1S/C23H26N4OS/c1-4-26-16-19(18-11-7-8-12-20(18)26)22-24-25-23(27(22)5-2)29-15-14-28-21-13-9-6-10-17(21)3/h6-13,16H,4-5,14-15H2,1-3H3. The first kappa shape index (κ1) is 19.6. The van der Waals surface area contributed by atoms with Crippen LogP contribution in [0.1, 0.15) is 19.4 Å². The smallest absolute Gasteiger partial charge is 0.191 e. The zero-order valence-corrected chi connectivity index (χ0v) is 17.9. The molecule has 0 aliphatic rings. The van der Waals surface area contributed by atoms with E-state index in [1.54, 1.807) is 11.8 Å². The highest BCUT2D eigenvalue weighted by Crippen LogP contribution is 2.31. The van der Waals surface area contributed by atoms with E-state index in [0.29, 0.717) is 6.61 Å². The highest BCUT2D eigenvalue weighted by atomic mass is 32.2. The fourth-order valence-electron chi connectivity index (χ4n) is 3.57. The fourth-order valence-corrected chi connectivity index (χ4v) is 4.39. The van der Waals surface area contributed by atoms with Crippen molar-refractivity contribution in [3.8, 4) is 17.1 Å². The Hall–Kier alpha value is -2.73. The average molecular weight is 407 g/mol. The molecule has 4 aromatic rings. The van der Waals surface area contributed by atoms with Crippen molar-refractivity contribution in [3.05, 3.63) is 60.3 Å². The first-order chi connectivity index (χ1) is 14.2. The molecule has 0 saturated heterocycles. The summed E-state index contributed by atoms with van der Waals surface area (Å²) >= 11 is 1.69. The Labute approximate surface area is 175 Å². The molecule has 0 atom stereocenters. The Balaban J connectivity index is 1.52. The number of benzene rings is 2. The predicted molar refractivity (Wildman–Crippen MR) is 120 cm³/mol. The lowest BCUT2D eigenvalue weighted by atomic mass is 10.1. The van der Waals surface area contributed by atoms with Gasteiger partial charge in [-0.05, 0) is 38.5 Å². The van der Waals surface area contributed by atoms with Crippen LogP contribution in [0.5, 0.6) is 5.75 Å². The second kappa shape index (κ2) is 8.74. The lowest BCUT2D eigenvalue weighted by molar-refractivity contribution is 0.341. The fraction of sp³-hybridized carbons (Fsp3) is 0.304. The minimum Gasteiger partial charge on any atom is -0.492 e. The maximum Gasteiger partial charge on any atom is 0.191 e. The number of thioether (sulfide) groups is 1. The summed E-state index contributed by atoms with van der Waals surface area (Å²) in [4.78, 5) is 0. The van der Waals surface area contributed by atoms with Crippen LogP contribution in [-0.4, -0.2) is 31.7 Å². The Kier molecular flexibility index (Phi) is 5.90. The van der Waals surface area contributed by atoms with Gasteiger partial charge < -0.3 is 13.9 Å². The van der Waals surface area contributed by atoms with Crippen LogP contribution >= 0.6 is 11.8 Å². The van der Waals surface area contributed by atoms with Crippen molar-refractivity contribution < 1.29 is 4.74 Å². The van der Waals surface area contributed by atoms with E-state index in [9.17, 15) is 0 Å². The summed E-state index contributed by atoms with van der Waals surface area (Å²) in [5.41, 5.74) is 3.53. The van der Waals surface area contributed by atoms with E-state index in [4.69, 9.17) is 4.74 Å². The van der Waals surface area contributed by atoms with Gasteiger partial charge in [0.2, 0.25) is 0 Å². The van der Waals surface area contributed by atoms with Crippen molar-refractivity contribution in [1.29, 1.82) is 0 Å². The van der Waals surface area contributed by atoms with Crippen LogP contribution < -0.4 is 4.74 Å². The Morgan fingerprint density at radius 3 is 2.55 bits per heavy atom. The number of nitrogens with zero attached hydrogens (tertiary/aromatic N) is 4. The van der Waals surface area contributed by atoms with E-state index in [0.717, 1.165) is 46.7 Å². The van der Waals surface area contributed by atoms with Gasteiger partial charge in [-0.15, -0.1) is 10.2 Å². The van der Waals surface area contributed by atoms with Crippen LogP contribution in [0.15, 0.2) is 59.9 Å². The van der Waals surface area contributed by atoms with Gasteiger partial charge in [0.05, 0.1) is 6.61 Å². The number of fused-ring (bicyclic) bond motifs is 1. The maximum atomic E-state index is 5.92. The van der Waals surface area contributed by atoms with Gasteiger partial charge in [-0.1, -0.05) is 48.2 Å². The molecule has 6 heteroatoms. The van der Waals surface area contributed by atoms with Crippen molar-refractivity contribution in [2.24, 2.45) is 0 Å². The van der Waals surface area contributed by atoms with E-state index in [1.165, 1.54) is 10.9 Å². The van der Waals surface area contributed by atoms with Gasteiger partial charge in [0.15, 0.2) is 11.0 Å². The predicted octanol–water partition coefficient (Wildman–Crippen LogP) is 5.42. The average Bonchev–Trinajstić information content (AvgIpc) is 3.33.